The molecule has 5 amide bonds. The van der Waals surface area contributed by atoms with Crippen molar-refractivity contribution in [2.24, 2.45) is 11.7 Å². The number of nitrogens with zero attached hydrogens (tertiary/aromatic N) is 1. The maximum absolute atomic E-state index is 13.7. The summed E-state index contributed by atoms with van der Waals surface area (Å²) in [4.78, 5) is 54.9. The second kappa shape index (κ2) is 22.4. The third-order valence-corrected chi connectivity index (χ3v) is 11.4. The molecule has 0 bridgehead atoms. The molecule has 0 fully saturated rings. The van der Waals surface area contributed by atoms with Crippen molar-refractivity contribution >= 4 is 37.2 Å². The quantitative estimate of drug-likeness (QED) is 0.0299. The van der Waals surface area contributed by atoms with E-state index < -0.39 is 43.6 Å². The fourth-order valence-corrected chi connectivity index (χ4v) is 7.85. The van der Waals surface area contributed by atoms with Crippen molar-refractivity contribution in [3.8, 4) is 11.1 Å². The van der Waals surface area contributed by atoms with Crippen LogP contribution in [0.25, 0.3) is 16.0 Å². The maximum Gasteiger partial charge on any atom is 0.407 e. The van der Waals surface area contributed by atoms with Crippen LogP contribution in [0.1, 0.15) is 62.6 Å². The second-order valence-electron chi connectivity index (χ2n) is 14.2. The number of benzene rings is 3. The number of rotatable bonds is 22. The van der Waals surface area contributed by atoms with Crippen LogP contribution in [-0.4, -0.2) is 80.2 Å². The number of aliphatic hydroxyl groups is 1. The number of nitrogens with two attached hydrogens (primary N) is 1. The Bertz CT molecular complexity index is 1950. The molecule has 0 radical (unpaired) electrons. The molecule has 0 heterocycles. The Balaban J connectivity index is 1.37. The molecular formula is C42H53N6O9P. The zero-order chi connectivity index (χ0) is 42.1. The van der Waals surface area contributed by atoms with Gasteiger partial charge in [0.25, 0.3) is 0 Å². The van der Waals surface area contributed by atoms with Crippen LogP contribution in [0.5, 0.6) is 0 Å². The third-order valence-electron chi connectivity index (χ3n) is 9.45. The lowest BCUT2D eigenvalue weighted by Crippen LogP contribution is -2.54. The van der Waals surface area contributed by atoms with Gasteiger partial charge < -0.3 is 50.7 Å². The number of primary amides is 1. The number of alkyl carbamates (subject to hydrolysis) is 1. The molecule has 1 unspecified atom stereocenters. The Labute approximate surface area is 339 Å². The van der Waals surface area contributed by atoms with E-state index in [1.165, 1.54) is 0 Å². The molecule has 4 rings (SSSR count). The molecular weight excluding hydrogens is 763 g/mol. The molecule has 0 saturated carbocycles. The zero-order valence-electron chi connectivity index (χ0n) is 33.1. The Morgan fingerprint density at radius 1 is 0.948 bits per heavy atom. The van der Waals surface area contributed by atoms with Gasteiger partial charge in [0.2, 0.25) is 18.4 Å². The first-order valence-corrected chi connectivity index (χ1v) is 20.9. The van der Waals surface area contributed by atoms with Gasteiger partial charge in [0, 0.05) is 18.2 Å². The summed E-state index contributed by atoms with van der Waals surface area (Å²) in [6, 6.07) is 19.7. The number of amides is 5. The highest BCUT2D eigenvalue weighted by Crippen LogP contribution is 2.49. The van der Waals surface area contributed by atoms with Crippen molar-refractivity contribution in [2.75, 3.05) is 44.4 Å². The number of hydrogen-bond donors (Lipinski definition) is 6. The van der Waals surface area contributed by atoms with Gasteiger partial charge in [-0.05, 0) is 72.1 Å². The van der Waals surface area contributed by atoms with E-state index in [1.807, 2.05) is 48.5 Å². The summed E-state index contributed by atoms with van der Waals surface area (Å²) in [5.41, 5.74) is 11.2. The molecule has 0 saturated heterocycles. The van der Waals surface area contributed by atoms with Gasteiger partial charge >= 0.3 is 19.7 Å². The van der Waals surface area contributed by atoms with E-state index in [4.69, 9.17) is 26.1 Å². The minimum absolute atomic E-state index is 0.0313. The van der Waals surface area contributed by atoms with Crippen LogP contribution in [0.15, 0.2) is 84.4 Å². The fourth-order valence-electron chi connectivity index (χ4n) is 6.36. The molecule has 3 aromatic rings. The van der Waals surface area contributed by atoms with Gasteiger partial charge in [-0.2, -0.15) is 0 Å². The van der Waals surface area contributed by atoms with Crippen LogP contribution in [0.2, 0.25) is 0 Å². The van der Waals surface area contributed by atoms with Crippen LogP contribution in [0, 0.1) is 12.5 Å². The lowest BCUT2D eigenvalue weighted by molar-refractivity contribution is -0.128. The first-order chi connectivity index (χ1) is 27.8. The lowest BCUT2D eigenvalue weighted by Gasteiger charge is -2.25. The van der Waals surface area contributed by atoms with Crippen molar-refractivity contribution in [3.63, 3.8) is 0 Å². The summed E-state index contributed by atoms with van der Waals surface area (Å²) < 4.78 is 30.3. The van der Waals surface area contributed by atoms with Gasteiger partial charge in [-0.1, -0.05) is 86.2 Å². The van der Waals surface area contributed by atoms with Gasteiger partial charge in [0.1, 0.15) is 25.3 Å². The van der Waals surface area contributed by atoms with Crippen molar-refractivity contribution in [1.29, 1.82) is 0 Å². The van der Waals surface area contributed by atoms with Crippen molar-refractivity contribution < 1.29 is 42.6 Å². The molecule has 0 aliphatic heterocycles. The molecule has 3 aromatic carbocycles. The highest BCUT2D eigenvalue weighted by molar-refractivity contribution is 7.53. The van der Waals surface area contributed by atoms with E-state index in [2.05, 4.69) is 26.1 Å². The van der Waals surface area contributed by atoms with Crippen LogP contribution in [-0.2, 0) is 34.5 Å². The van der Waals surface area contributed by atoms with Gasteiger partial charge in [0.15, 0.2) is 0 Å². The van der Waals surface area contributed by atoms with Gasteiger partial charge in [0.05, 0.1) is 19.4 Å². The largest absolute Gasteiger partial charge is 0.449 e. The number of ether oxygens (including phenoxy) is 1. The number of hydrogen-bond acceptors (Lipinski definition) is 9. The highest BCUT2D eigenvalue weighted by Gasteiger charge is 2.32. The number of carbonyl (C=O) groups is 4. The SMILES string of the molecule is [C-]#[N+]CCOP(=O)(CC/C=C(\C)CO)OCc1ccc(NC(=O)[C@H](CCCNC(N)=O)NC(=O)[C@@H](NC(=O)OCC2c3ccccc3-c3ccccc32)C(C)C)cc1. The van der Waals surface area contributed by atoms with Gasteiger partial charge in [-0.3, -0.25) is 14.2 Å². The van der Waals surface area contributed by atoms with Crippen molar-refractivity contribution in [2.45, 2.75) is 64.6 Å². The summed E-state index contributed by atoms with van der Waals surface area (Å²) in [5, 5.41) is 20.0. The van der Waals surface area contributed by atoms with Gasteiger partial charge in [-0.15, -0.1) is 0 Å². The van der Waals surface area contributed by atoms with Crippen LogP contribution < -0.4 is 27.0 Å². The minimum Gasteiger partial charge on any atom is -0.449 e. The average Bonchev–Trinajstić information content (AvgIpc) is 3.53. The van der Waals surface area contributed by atoms with E-state index in [-0.39, 0.29) is 63.9 Å². The van der Waals surface area contributed by atoms with Crippen LogP contribution in [0.3, 0.4) is 0 Å². The Kier molecular flexibility index (Phi) is 17.5. The predicted octanol–water partition coefficient (Wildman–Crippen LogP) is 6.10. The third kappa shape index (κ3) is 13.6. The zero-order valence-corrected chi connectivity index (χ0v) is 34.0. The summed E-state index contributed by atoms with van der Waals surface area (Å²) in [6.07, 6.45) is 1.84. The van der Waals surface area contributed by atoms with E-state index in [0.717, 1.165) is 27.8 Å². The minimum atomic E-state index is -3.57. The molecule has 58 heavy (non-hydrogen) atoms. The second-order valence-corrected chi connectivity index (χ2v) is 16.4. The predicted molar refractivity (Wildman–Crippen MR) is 221 cm³/mol. The molecule has 16 heteroatoms. The lowest BCUT2D eigenvalue weighted by atomic mass is 9.98. The number of aliphatic hydroxyl groups excluding tert-OH is 1. The molecule has 7 N–H and O–H groups in total. The number of nitrogens with one attached hydrogen (secondary N) is 4. The molecule has 15 nitrogen and oxygen atoms in total. The average molecular weight is 817 g/mol. The first kappa shape index (κ1) is 45.2. The van der Waals surface area contributed by atoms with Crippen LogP contribution in [0.4, 0.5) is 15.3 Å². The summed E-state index contributed by atoms with van der Waals surface area (Å²) >= 11 is 0. The van der Waals surface area contributed by atoms with Gasteiger partial charge in [-0.25, -0.2) is 16.2 Å². The van der Waals surface area contributed by atoms with Crippen molar-refractivity contribution in [3.05, 3.63) is 113 Å². The topological polar surface area (TPSA) is 212 Å². The number of fused-ring (bicyclic) bond motifs is 3. The Hall–Kier alpha value is -5.52. The number of carbonyl (C=O) groups excluding carboxylic acids is 4. The van der Waals surface area contributed by atoms with E-state index in [9.17, 15) is 28.8 Å². The molecule has 1 aliphatic rings. The molecule has 0 aromatic heterocycles. The normalized spacial score (nSPS) is 14.2. The van der Waals surface area contributed by atoms with Crippen LogP contribution >= 0.6 is 7.60 Å². The number of urea groups is 1. The number of allylic oxidation sites excluding steroid dienone is 1. The van der Waals surface area contributed by atoms with E-state index in [0.29, 0.717) is 24.1 Å². The Morgan fingerprint density at radius 2 is 1.60 bits per heavy atom. The Morgan fingerprint density at radius 3 is 2.21 bits per heavy atom. The molecule has 0 spiro atoms. The standard InChI is InChI=1S/C42H53N6O9P/c1-28(2)38(48-42(53)55-27-36-34-14-7-5-12-32(34)33-13-6-8-15-35(33)36)40(51)47-37(16-9-21-45-41(43)52)39(50)46-31-19-17-30(18-20-31)26-57-58(54,56-23-22-44-4)24-10-11-29(3)25-49/h5-8,11-15,17-20,28,36-38,49H,9-10,16,21-27H2,1-3H3,(H,46,50)(H,47,51)(H,48,53)(H3,43,45,52)/b29-11+/t37-,38-,58?/m0/s1. The maximum atomic E-state index is 13.7. The van der Waals surface area contributed by atoms with Crippen molar-refractivity contribution in [1.82, 2.24) is 16.0 Å². The first-order valence-electron chi connectivity index (χ1n) is 19.2. The van der Waals surface area contributed by atoms with E-state index >= 15 is 0 Å². The molecule has 310 valence electrons. The monoisotopic (exact) mass is 816 g/mol. The summed E-state index contributed by atoms with van der Waals surface area (Å²) in [5.74, 6) is -1.67. The van der Waals surface area contributed by atoms with E-state index in [1.54, 1.807) is 51.1 Å². The molecule has 1 aliphatic carbocycles. The smallest absolute Gasteiger partial charge is 0.407 e. The molecule has 3 atom stereocenters. The number of anilines is 1. The fraction of sp³-hybridized carbons (Fsp3) is 0.405. The highest BCUT2D eigenvalue weighted by atomic mass is 31.2. The summed E-state index contributed by atoms with van der Waals surface area (Å²) in [6.45, 7) is 12.3. The summed E-state index contributed by atoms with van der Waals surface area (Å²) in [7, 11) is -3.57.